The first-order chi connectivity index (χ1) is 4.52. The molecule has 0 spiro atoms. The third kappa shape index (κ3) is 1.20. The van der Waals surface area contributed by atoms with E-state index in [1.165, 1.54) is 4.68 Å². The van der Waals surface area contributed by atoms with Crippen LogP contribution in [0.25, 0.3) is 0 Å². The van der Waals surface area contributed by atoms with Crippen LogP contribution in [0.3, 0.4) is 0 Å². The molecule has 0 saturated heterocycles. The van der Waals surface area contributed by atoms with E-state index in [0.717, 1.165) is 5.69 Å². The highest BCUT2D eigenvalue weighted by Crippen LogP contribution is 2.20. The van der Waals surface area contributed by atoms with Crippen LogP contribution < -0.4 is 0 Å². The van der Waals surface area contributed by atoms with Crippen LogP contribution in [0.1, 0.15) is 26.5 Å². The first-order valence-electron chi connectivity index (χ1n) is 3.28. The van der Waals surface area contributed by atoms with Crippen molar-refractivity contribution in [1.82, 2.24) is 9.78 Å². The third-order valence-electron chi connectivity index (χ3n) is 1.41. The van der Waals surface area contributed by atoms with E-state index < -0.39 is 0 Å². The molecule has 0 bridgehead atoms. The molecule has 0 aromatic carbocycles. The summed E-state index contributed by atoms with van der Waals surface area (Å²) in [5, 5.41) is 3.77. The Kier molecular flexibility index (Phi) is 1.55. The molecule has 0 saturated carbocycles. The van der Waals surface area contributed by atoms with E-state index in [-0.39, 0.29) is 5.41 Å². The van der Waals surface area contributed by atoms with Gasteiger partial charge in [-0.05, 0) is 6.07 Å². The van der Waals surface area contributed by atoms with Gasteiger partial charge in [0.25, 0.3) is 0 Å². The van der Waals surface area contributed by atoms with Crippen LogP contribution in [-0.4, -0.2) is 9.78 Å². The quantitative estimate of drug-likeness (QED) is 0.528. The van der Waals surface area contributed by atoms with E-state index in [4.69, 9.17) is 7.05 Å². The molecule has 3 radical (unpaired) electrons. The van der Waals surface area contributed by atoms with Gasteiger partial charge in [-0.15, -0.1) is 0 Å². The molecule has 2 nitrogen and oxygen atoms in total. The molecule has 1 rings (SSSR count). The normalized spacial score (nSPS) is 12.0. The van der Waals surface area contributed by atoms with Crippen molar-refractivity contribution in [3.05, 3.63) is 25.0 Å². The third-order valence-corrected chi connectivity index (χ3v) is 1.41. The zero-order valence-corrected chi connectivity index (χ0v) is 6.55. The SMILES string of the molecule is [C]n1nccc1C(C)(C)C. The minimum Gasteiger partial charge on any atom is -0.255 e. The summed E-state index contributed by atoms with van der Waals surface area (Å²) in [7, 11) is 7.31. The zero-order valence-electron chi connectivity index (χ0n) is 6.55. The molecule has 0 aliphatic rings. The minimum absolute atomic E-state index is 0.0260. The van der Waals surface area contributed by atoms with Gasteiger partial charge in [-0.2, -0.15) is 5.10 Å². The van der Waals surface area contributed by atoms with Crippen molar-refractivity contribution in [3.8, 4) is 0 Å². The van der Waals surface area contributed by atoms with Gasteiger partial charge in [0.2, 0.25) is 0 Å². The Morgan fingerprint density at radius 1 is 1.50 bits per heavy atom. The Labute approximate surface area is 61.9 Å². The smallest absolute Gasteiger partial charge is 0.154 e. The molecule has 0 unspecified atom stereocenters. The van der Waals surface area contributed by atoms with Gasteiger partial charge in [0.15, 0.2) is 7.05 Å². The highest BCUT2D eigenvalue weighted by molar-refractivity contribution is 5.12. The summed E-state index contributed by atoms with van der Waals surface area (Å²) < 4.78 is 1.17. The van der Waals surface area contributed by atoms with Crippen LogP contribution in [-0.2, 0) is 5.41 Å². The molecule has 1 aromatic heterocycles. The average Bonchev–Trinajstić information content (AvgIpc) is 2.11. The maximum atomic E-state index is 7.31. The number of hydrogen-bond acceptors (Lipinski definition) is 1. The molecule has 10 heavy (non-hydrogen) atoms. The highest BCUT2D eigenvalue weighted by atomic mass is 15.3. The van der Waals surface area contributed by atoms with Crippen LogP contribution in [0.4, 0.5) is 0 Å². The standard InChI is InChI=1S/C8H11N2/c1-8(2,3)7-5-6-9-10(7)4/h5-6H,1-3H3. The van der Waals surface area contributed by atoms with Gasteiger partial charge in [-0.3, -0.25) is 4.68 Å². The second-order valence-electron chi connectivity index (χ2n) is 3.38. The summed E-state index contributed by atoms with van der Waals surface area (Å²) in [6.07, 6.45) is 1.65. The Hall–Kier alpha value is -0.790. The van der Waals surface area contributed by atoms with Crippen molar-refractivity contribution in [2.75, 3.05) is 0 Å². The number of hydrogen-bond donors (Lipinski definition) is 0. The van der Waals surface area contributed by atoms with Crippen LogP contribution in [0.5, 0.6) is 0 Å². The van der Waals surface area contributed by atoms with Gasteiger partial charge in [-0.1, -0.05) is 20.8 Å². The lowest BCUT2D eigenvalue weighted by molar-refractivity contribution is 0.542. The Balaban J connectivity index is 3.05. The van der Waals surface area contributed by atoms with Crippen molar-refractivity contribution in [2.24, 2.45) is 0 Å². The minimum atomic E-state index is 0.0260. The lowest BCUT2D eigenvalue weighted by atomic mass is 9.92. The molecule has 0 fully saturated rings. The molecular formula is C8H11N2. The molecule has 0 amide bonds. The van der Waals surface area contributed by atoms with E-state index in [2.05, 4.69) is 25.9 Å². The van der Waals surface area contributed by atoms with Crippen LogP contribution in [0, 0.1) is 7.05 Å². The lowest BCUT2D eigenvalue weighted by Crippen LogP contribution is -2.15. The monoisotopic (exact) mass is 135 g/mol. The number of nitrogens with zero attached hydrogens (tertiary/aromatic N) is 2. The van der Waals surface area contributed by atoms with E-state index in [1.807, 2.05) is 6.07 Å². The predicted molar refractivity (Wildman–Crippen MR) is 39.6 cm³/mol. The summed E-state index contributed by atoms with van der Waals surface area (Å²) in [6.45, 7) is 6.19. The molecule has 0 aliphatic heterocycles. The van der Waals surface area contributed by atoms with Crippen molar-refractivity contribution >= 4 is 0 Å². The summed E-state index contributed by atoms with van der Waals surface area (Å²) >= 11 is 0. The number of rotatable bonds is 0. The topological polar surface area (TPSA) is 17.8 Å². The van der Waals surface area contributed by atoms with Crippen LogP contribution in [0.15, 0.2) is 12.3 Å². The van der Waals surface area contributed by atoms with E-state index in [9.17, 15) is 0 Å². The van der Waals surface area contributed by atoms with E-state index >= 15 is 0 Å². The second kappa shape index (κ2) is 2.11. The maximum Gasteiger partial charge on any atom is 0.154 e. The first-order valence-corrected chi connectivity index (χ1v) is 3.28. The largest absolute Gasteiger partial charge is 0.255 e. The molecule has 53 valence electrons. The Morgan fingerprint density at radius 3 is 2.30 bits per heavy atom. The molecule has 2 heteroatoms. The average molecular weight is 135 g/mol. The van der Waals surface area contributed by atoms with Gasteiger partial charge in [0.05, 0.1) is 0 Å². The zero-order chi connectivity index (χ0) is 7.78. The fraction of sp³-hybridized carbons (Fsp3) is 0.500. The lowest BCUT2D eigenvalue weighted by Gasteiger charge is -2.17. The number of aromatic nitrogens is 2. The predicted octanol–water partition coefficient (Wildman–Crippen LogP) is 1.57. The van der Waals surface area contributed by atoms with Crippen LogP contribution in [0.2, 0.25) is 0 Å². The van der Waals surface area contributed by atoms with Crippen LogP contribution >= 0.6 is 0 Å². The van der Waals surface area contributed by atoms with Crippen molar-refractivity contribution in [1.29, 1.82) is 0 Å². The summed E-state index contributed by atoms with van der Waals surface area (Å²) in [4.78, 5) is 0. The molecule has 0 aliphatic carbocycles. The van der Waals surface area contributed by atoms with Gasteiger partial charge in [-0.25, -0.2) is 0 Å². The molecule has 1 heterocycles. The molecule has 0 atom stereocenters. The molecular weight excluding hydrogens is 124 g/mol. The summed E-state index contributed by atoms with van der Waals surface area (Å²) in [6, 6.07) is 1.87. The Bertz CT molecular complexity index is 217. The van der Waals surface area contributed by atoms with E-state index in [0.29, 0.717) is 0 Å². The van der Waals surface area contributed by atoms with E-state index in [1.54, 1.807) is 6.20 Å². The fourth-order valence-electron chi connectivity index (χ4n) is 0.871. The molecule has 1 aromatic rings. The van der Waals surface area contributed by atoms with Crippen molar-refractivity contribution in [3.63, 3.8) is 0 Å². The van der Waals surface area contributed by atoms with Gasteiger partial charge >= 0.3 is 0 Å². The Morgan fingerprint density at radius 2 is 2.10 bits per heavy atom. The second-order valence-corrected chi connectivity index (χ2v) is 3.38. The highest BCUT2D eigenvalue weighted by Gasteiger charge is 2.16. The van der Waals surface area contributed by atoms with Gasteiger partial charge in [0, 0.05) is 17.3 Å². The maximum absolute atomic E-state index is 7.31. The molecule has 0 N–H and O–H groups in total. The van der Waals surface area contributed by atoms with Crippen molar-refractivity contribution in [2.45, 2.75) is 26.2 Å². The summed E-state index contributed by atoms with van der Waals surface area (Å²) in [5.41, 5.74) is 0.964. The van der Waals surface area contributed by atoms with Gasteiger partial charge in [0.1, 0.15) is 0 Å². The fourth-order valence-corrected chi connectivity index (χ4v) is 0.871. The van der Waals surface area contributed by atoms with Crippen molar-refractivity contribution < 1.29 is 0 Å². The summed E-state index contributed by atoms with van der Waals surface area (Å²) in [5.74, 6) is 0. The van der Waals surface area contributed by atoms with Gasteiger partial charge < -0.3 is 0 Å². The first kappa shape index (κ1) is 7.32.